The minimum absolute atomic E-state index is 0.660. The van der Waals surface area contributed by atoms with Gasteiger partial charge in [0.05, 0.1) is 0 Å². The quantitative estimate of drug-likeness (QED) is 0.0807. The minimum atomic E-state index is 0.660. The van der Waals surface area contributed by atoms with Crippen LogP contribution in [0.1, 0.15) is 101 Å². The molecule has 322 valence electrons. The number of hydrogen-bond acceptors (Lipinski definition) is 6. The molecule has 0 amide bonds. The molecule has 2 aromatic heterocycles. The molecule has 0 aliphatic heterocycles. The van der Waals surface area contributed by atoms with Gasteiger partial charge in [0.25, 0.3) is 0 Å². The highest BCUT2D eigenvalue weighted by Crippen LogP contribution is 2.31. The third-order valence-electron chi connectivity index (χ3n) is 11.9. The van der Waals surface area contributed by atoms with Crippen LogP contribution in [0.5, 0.6) is 0 Å². The number of rotatable bonds is 19. The monoisotopic (exact) mass is 840 g/mol. The molecule has 8 rings (SSSR count). The van der Waals surface area contributed by atoms with Crippen molar-refractivity contribution in [1.82, 2.24) is 29.9 Å². The van der Waals surface area contributed by atoms with Gasteiger partial charge in [0.15, 0.2) is 34.9 Å². The molecule has 0 spiro atoms. The lowest BCUT2D eigenvalue weighted by molar-refractivity contribution is 0.795. The zero-order valence-electron chi connectivity index (χ0n) is 38.0. The van der Waals surface area contributed by atoms with Gasteiger partial charge in [-0.05, 0) is 109 Å². The number of aryl methyl sites for hydroxylation is 4. The van der Waals surface area contributed by atoms with Gasteiger partial charge < -0.3 is 0 Å². The lowest BCUT2D eigenvalue weighted by Gasteiger charge is -2.11. The first kappa shape index (κ1) is 44.0. The normalized spacial score (nSPS) is 11.2. The summed E-state index contributed by atoms with van der Waals surface area (Å²) in [5.74, 6) is 4.08. The SMILES string of the molecule is CCCCc1cccc(-c2nc(-c3ccc(-c4ccc(-c5nc(-c6cccc(CCCC)c6)nc(-c6cccc(CCCC)c6)n5)cc4)cc3)nc(-c3cccc(CCCC)c3)n2)c1. The van der Waals surface area contributed by atoms with Crippen LogP contribution in [0.2, 0.25) is 0 Å². The van der Waals surface area contributed by atoms with Crippen molar-refractivity contribution in [2.75, 3.05) is 0 Å². The van der Waals surface area contributed by atoms with Crippen LogP contribution in [0.25, 0.3) is 79.5 Å². The van der Waals surface area contributed by atoms with Crippen LogP contribution in [0.15, 0.2) is 146 Å². The maximum Gasteiger partial charge on any atom is 0.164 e. The van der Waals surface area contributed by atoms with Gasteiger partial charge in [0.2, 0.25) is 0 Å². The molecule has 0 N–H and O–H groups in total. The highest BCUT2D eigenvalue weighted by molar-refractivity contribution is 5.73. The summed E-state index contributed by atoms with van der Waals surface area (Å²) in [4.78, 5) is 30.5. The van der Waals surface area contributed by atoms with Gasteiger partial charge in [-0.3, -0.25) is 0 Å². The average Bonchev–Trinajstić information content (AvgIpc) is 3.36. The molecule has 0 atom stereocenters. The van der Waals surface area contributed by atoms with Gasteiger partial charge in [-0.25, -0.2) is 29.9 Å². The molecule has 64 heavy (non-hydrogen) atoms. The van der Waals surface area contributed by atoms with E-state index >= 15 is 0 Å². The largest absolute Gasteiger partial charge is 0.208 e. The molecule has 0 radical (unpaired) electrons. The van der Waals surface area contributed by atoms with Gasteiger partial charge in [-0.1, -0.05) is 175 Å². The Morgan fingerprint density at radius 2 is 0.469 bits per heavy atom. The Kier molecular flexibility index (Phi) is 14.9. The third-order valence-corrected chi connectivity index (χ3v) is 11.9. The predicted molar refractivity (Wildman–Crippen MR) is 266 cm³/mol. The molecule has 6 nitrogen and oxygen atoms in total. The molecule has 0 bridgehead atoms. The fraction of sp³-hybridized carbons (Fsp3) is 0.276. The first-order valence-electron chi connectivity index (χ1n) is 23.6. The molecule has 8 aromatic rings. The van der Waals surface area contributed by atoms with Gasteiger partial charge in [-0.15, -0.1) is 0 Å². The summed E-state index contributed by atoms with van der Waals surface area (Å²) < 4.78 is 0. The fourth-order valence-corrected chi connectivity index (χ4v) is 8.14. The number of unbranched alkanes of at least 4 members (excludes halogenated alkanes) is 4. The van der Waals surface area contributed by atoms with E-state index in [1.807, 2.05) is 0 Å². The van der Waals surface area contributed by atoms with Crippen molar-refractivity contribution >= 4 is 0 Å². The number of nitrogens with zero attached hydrogens (tertiary/aromatic N) is 6. The first-order chi connectivity index (χ1) is 31.5. The van der Waals surface area contributed by atoms with Crippen molar-refractivity contribution in [1.29, 1.82) is 0 Å². The Balaban J connectivity index is 1.11. The van der Waals surface area contributed by atoms with Crippen LogP contribution in [-0.4, -0.2) is 29.9 Å². The smallest absolute Gasteiger partial charge is 0.164 e. The van der Waals surface area contributed by atoms with Crippen LogP contribution in [0.3, 0.4) is 0 Å². The molecule has 0 fully saturated rings. The van der Waals surface area contributed by atoms with E-state index in [2.05, 4.69) is 173 Å². The van der Waals surface area contributed by atoms with E-state index in [1.54, 1.807) is 0 Å². The van der Waals surface area contributed by atoms with E-state index in [-0.39, 0.29) is 0 Å². The topological polar surface area (TPSA) is 77.3 Å². The Hall–Kier alpha value is -6.66. The number of aromatic nitrogens is 6. The average molecular weight is 841 g/mol. The van der Waals surface area contributed by atoms with Gasteiger partial charge in [0.1, 0.15) is 0 Å². The molecule has 0 aliphatic carbocycles. The number of hydrogen-bond donors (Lipinski definition) is 0. The highest BCUT2D eigenvalue weighted by atomic mass is 15.0. The second-order valence-corrected chi connectivity index (χ2v) is 17.0. The van der Waals surface area contributed by atoms with Gasteiger partial charge in [0, 0.05) is 33.4 Å². The zero-order valence-corrected chi connectivity index (χ0v) is 38.0. The molecular formula is C58H60N6. The lowest BCUT2D eigenvalue weighted by Crippen LogP contribution is -2.01. The Morgan fingerprint density at radius 1 is 0.250 bits per heavy atom. The molecule has 2 heterocycles. The van der Waals surface area contributed by atoms with Crippen LogP contribution in [-0.2, 0) is 25.7 Å². The molecule has 0 unspecified atom stereocenters. The predicted octanol–water partition coefficient (Wildman–Crippen LogP) is 15.1. The van der Waals surface area contributed by atoms with Crippen molar-refractivity contribution in [3.05, 3.63) is 168 Å². The third kappa shape index (κ3) is 11.1. The summed E-state index contributed by atoms with van der Waals surface area (Å²) in [6.07, 6.45) is 13.4. The molecular weight excluding hydrogens is 781 g/mol. The van der Waals surface area contributed by atoms with Crippen molar-refractivity contribution in [2.45, 2.75) is 105 Å². The van der Waals surface area contributed by atoms with Crippen molar-refractivity contribution in [3.63, 3.8) is 0 Å². The van der Waals surface area contributed by atoms with E-state index < -0.39 is 0 Å². The zero-order chi connectivity index (χ0) is 44.1. The summed E-state index contributed by atoms with van der Waals surface area (Å²) >= 11 is 0. The van der Waals surface area contributed by atoms with Crippen molar-refractivity contribution < 1.29 is 0 Å². The van der Waals surface area contributed by atoms with Gasteiger partial charge in [-0.2, -0.15) is 0 Å². The second-order valence-electron chi connectivity index (χ2n) is 17.0. The van der Waals surface area contributed by atoms with Crippen LogP contribution < -0.4 is 0 Å². The van der Waals surface area contributed by atoms with Crippen molar-refractivity contribution in [2.24, 2.45) is 0 Å². The molecule has 6 heteroatoms. The van der Waals surface area contributed by atoms with Crippen LogP contribution in [0.4, 0.5) is 0 Å². The second kappa shape index (κ2) is 21.6. The Bertz CT molecular complexity index is 2440. The molecule has 6 aromatic carbocycles. The van der Waals surface area contributed by atoms with Crippen LogP contribution in [0, 0.1) is 0 Å². The summed E-state index contributed by atoms with van der Waals surface area (Å²) in [6, 6.07) is 51.8. The first-order valence-corrected chi connectivity index (χ1v) is 23.6. The molecule has 0 aliphatic rings. The van der Waals surface area contributed by atoms with E-state index in [0.717, 1.165) is 122 Å². The van der Waals surface area contributed by atoms with Crippen molar-refractivity contribution in [3.8, 4) is 79.5 Å². The Morgan fingerprint density at radius 3 is 0.703 bits per heavy atom. The molecule has 0 saturated heterocycles. The van der Waals surface area contributed by atoms with Crippen LogP contribution >= 0.6 is 0 Å². The lowest BCUT2D eigenvalue weighted by atomic mass is 10.0. The van der Waals surface area contributed by atoms with E-state index in [1.165, 1.54) is 22.3 Å². The maximum absolute atomic E-state index is 5.09. The van der Waals surface area contributed by atoms with E-state index in [4.69, 9.17) is 29.9 Å². The summed E-state index contributed by atoms with van der Waals surface area (Å²) in [6.45, 7) is 8.93. The number of benzene rings is 6. The summed E-state index contributed by atoms with van der Waals surface area (Å²) in [7, 11) is 0. The summed E-state index contributed by atoms with van der Waals surface area (Å²) in [5, 5.41) is 0. The van der Waals surface area contributed by atoms with E-state index in [0.29, 0.717) is 34.9 Å². The fourth-order valence-electron chi connectivity index (χ4n) is 8.14. The Labute approximate surface area is 380 Å². The maximum atomic E-state index is 5.09. The minimum Gasteiger partial charge on any atom is -0.208 e. The standard InChI is InChI=1S/C58H60N6/c1-5-9-17-41-21-13-25-49(37-41)55-59-53(60-56(63-55)50-26-14-22-42(38-50)18-10-6-2)47-33-29-45(30-34-47)46-31-35-48(36-32-46)54-61-57(51-27-15-23-43(39-51)19-11-7-3)64-58(62-54)52-28-16-24-44(40-52)20-12-8-4/h13-16,21-40H,5-12,17-20H2,1-4H3. The highest BCUT2D eigenvalue weighted by Gasteiger charge is 2.16. The molecule has 0 saturated carbocycles. The van der Waals surface area contributed by atoms with E-state index in [9.17, 15) is 0 Å². The van der Waals surface area contributed by atoms with Gasteiger partial charge >= 0.3 is 0 Å². The summed E-state index contributed by atoms with van der Waals surface area (Å²) in [5.41, 5.74) is 13.3.